The Bertz CT molecular complexity index is 1640. The molecule has 198 valence electrons. The van der Waals surface area contributed by atoms with Gasteiger partial charge in [-0.3, -0.25) is 4.79 Å². The highest BCUT2D eigenvalue weighted by Gasteiger charge is 2.20. The quantitative estimate of drug-likeness (QED) is 0.332. The minimum Gasteiger partial charge on any atom is -0.392 e. The Hall–Kier alpha value is -4.61. The molecule has 1 fully saturated rings. The van der Waals surface area contributed by atoms with Gasteiger partial charge in [0.25, 0.3) is 5.56 Å². The first-order chi connectivity index (χ1) is 19.1. The molecule has 11 nitrogen and oxygen atoms in total. The molecule has 39 heavy (non-hydrogen) atoms. The van der Waals surface area contributed by atoms with Crippen LogP contribution in [0.15, 0.2) is 78.2 Å². The molecule has 0 saturated carbocycles. The molecule has 1 aliphatic heterocycles. The molecule has 1 aliphatic rings. The van der Waals surface area contributed by atoms with Crippen molar-refractivity contribution in [3.8, 4) is 5.69 Å². The zero-order valence-electron chi connectivity index (χ0n) is 21.6. The number of nitrogens with zero attached hydrogens (tertiary/aromatic N) is 8. The van der Waals surface area contributed by atoms with Crippen molar-refractivity contribution in [1.82, 2.24) is 34.2 Å². The van der Waals surface area contributed by atoms with Crippen molar-refractivity contribution in [3.63, 3.8) is 0 Å². The maximum Gasteiger partial charge on any atom is 0.278 e. The van der Waals surface area contributed by atoms with E-state index < -0.39 is 0 Å². The first-order valence-electron chi connectivity index (χ1n) is 12.8. The lowest BCUT2D eigenvalue weighted by molar-refractivity contribution is 0.280. The van der Waals surface area contributed by atoms with E-state index in [1.807, 2.05) is 48.5 Å². The number of likely N-dealkylation sites (N-methyl/N-ethyl adjacent to an activating group) is 1. The Morgan fingerprint density at radius 2 is 1.74 bits per heavy atom. The van der Waals surface area contributed by atoms with Crippen LogP contribution in [0.4, 0.5) is 17.3 Å². The van der Waals surface area contributed by atoms with Gasteiger partial charge in [0.05, 0.1) is 25.5 Å². The van der Waals surface area contributed by atoms with E-state index >= 15 is 0 Å². The number of aliphatic hydroxyl groups excluding tert-OH is 1. The molecule has 0 atom stereocenters. The van der Waals surface area contributed by atoms with Crippen molar-refractivity contribution in [1.29, 1.82) is 0 Å². The number of hydrogen-bond acceptors (Lipinski definition) is 9. The van der Waals surface area contributed by atoms with Crippen LogP contribution in [-0.4, -0.2) is 72.5 Å². The van der Waals surface area contributed by atoms with Crippen LogP contribution in [0.1, 0.15) is 11.1 Å². The zero-order valence-corrected chi connectivity index (χ0v) is 21.6. The normalized spacial score (nSPS) is 14.2. The summed E-state index contributed by atoms with van der Waals surface area (Å²) in [7, 11) is 2.12. The van der Waals surface area contributed by atoms with Gasteiger partial charge in [-0.05, 0) is 30.8 Å². The molecule has 1 saturated heterocycles. The van der Waals surface area contributed by atoms with Crippen molar-refractivity contribution < 1.29 is 5.11 Å². The number of nitrogens with one attached hydrogen (secondary N) is 1. The molecule has 3 aromatic heterocycles. The molecule has 2 aromatic carbocycles. The molecule has 2 N–H and O–H groups in total. The third-order valence-corrected chi connectivity index (χ3v) is 6.99. The smallest absolute Gasteiger partial charge is 0.278 e. The lowest BCUT2D eigenvalue weighted by Crippen LogP contribution is -2.44. The minimum atomic E-state index is -0.205. The summed E-state index contributed by atoms with van der Waals surface area (Å²) >= 11 is 0. The molecule has 0 amide bonds. The number of benzene rings is 2. The lowest BCUT2D eigenvalue weighted by atomic mass is 10.1. The van der Waals surface area contributed by atoms with Gasteiger partial charge in [-0.2, -0.15) is 4.98 Å². The summed E-state index contributed by atoms with van der Waals surface area (Å²) in [5.74, 6) is 0.334. The van der Waals surface area contributed by atoms with E-state index in [1.54, 1.807) is 28.0 Å². The van der Waals surface area contributed by atoms with E-state index in [1.165, 1.54) is 6.33 Å². The predicted octanol–water partition coefficient (Wildman–Crippen LogP) is 2.41. The predicted molar refractivity (Wildman–Crippen MR) is 150 cm³/mol. The Labute approximate surface area is 225 Å². The van der Waals surface area contributed by atoms with Crippen LogP contribution >= 0.6 is 0 Å². The van der Waals surface area contributed by atoms with Crippen molar-refractivity contribution in [3.05, 3.63) is 94.9 Å². The van der Waals surface area contributed by atoms with Crippen molar-refractivity contribution in [2.24, 2.45) is 0 Å². The Balaban J connectivity index is 1.37. The average molecular weight is 524 g/mol. The second-order valence-corrected chi connectivity index (χ2v) is 9.60. The van der Waals surface area contributed by atoms with Crippen molar-refractivity contribution in [2.75, 3.05) is 43.4 Å². The first kappa shape index (κ1) is 24.7. The van der Waals surface area contributed by atoms with Crippen LogP contribution in [0.2, 0.25) is 0 Å². The van der Waals surface area contributed by atoms with Crippen molar-refractivity contribution >= 4 is 28.4 Å². The maximum absolute atomic E-state index is 13.5. The van der Waals surface area contributed by atoms with Gasteiger partial charge in [0.15, 0.2) is 5.65 Å². The van der Waals surface area contributed by atoms with E-state index in [2.05, 4.69) is 37.1 Å². The number of aliphatic hydroxyl groups is 1. The Morgan fingerprint density at radius 3 is 2.49 bits per heavy atom. The molecule has 0 spiro atoms. The molecule has 11 heteroatoms. The van der Waals surface area contributed by atoms with E-state index in [0.717, 1.165) is 48.7 Å². The first-order valence-corrected chi connectivity index (χ1v) is 12.8. The summed E-state index contributed by atoms with van der Waals surface area (Å²) in [6.45, 7) is 4.06. The Morgan fingerprint density at radius 1 is 0.974 bits per heavy atom. The third kappa shape index (κ3) is 4.97. The van der Waals surface area contributed by atoms with Gasteiger partial charge in [0, 0.05) is 49.3 Å². The number of anilines is 3. The molecule has 4 heterocycles. The second kappa shape index (κ2) is 10.6. The fourth-order valence-electron chi connectivity index (χ4n) is 4.93. The van der Waals surface area contributed by atoms with Gasteiger partial charge in [-0.15, -0.1) is 0 Å². The second-order valence-electron chi connectivity index (χ2n) is 9.60. The standard InChI is InChI=1S/C28H29N9O2/c1-34-9-11-35(12-10-34)25-8-7-22(13-21(25)18-38)32-28-31-16-24-26(33-28)37(23-14-29-19-30-15-23)36(27(24)39)17-20-5-3-2-4-6-20/h2-8,13-16,19,38H,9-12,17-18H2,1H3,(H,31,32,33). The summed E-state index contributed by atoms with van der Waals surface area (Å²) in [4.78, 5) is 35.5. The summed E-state index contributed by atoms with van der Waals surface area (Å²) in [6.07, 6.45) is 6.28. The van der Waals surface area contributed by atoms with Gasteiger partial charge in [0.1, 0.15) is 17.4 Å². The maximum atomic E-state index is 13.5. The van der Waals surface area contributed by atoms with Gasteiger partial charge >= 0.3 is 0 Å². The minimum absolute atomic E-state index is 0.0764. The number of hydrogen-bond donors (Lipinski definition) is 2. The summed E-state index contributed by atoms with van der Waals surface area (Å²) in [6, 6.07) is 15.7. The highest BCUT2D eigenvalue weighted by atomic mass is 16.3. The molecule has 5 aromatic rings. The third-order valence-electron chi connectivity index (χ3n) is 6.99. The van der Waals surface area contributed by atoms with Crippen LogP contribution in [0, 0.1) is 0 Å². The summed E-state index contributed by atoms with van der Waals surface area (Å²) in [5.41, 5.74) is 4.44. The average Bonchev–Trinajstić information content (AvgIpc) is 3.24. The van der Waals surface area contributed by atoms with Gasteiger partial charge < -0.3 is 20.2 Å². The van der Waals surface area contributed by atoms with Crippen LogP contribution < -0.4 is 15.8 Å². The fourth-order valence-corrected chi connectivity index (χ4v) is 4.93. The lowest BCUT2D eigenvalue weighted by Gasteiger charge is -2.35. The number of rotatable bonds is 7. The summed E-state index contributed by atoms with van der Waals surface area (Å²) in [5, 5.41) is 13.7. The largest absolute Gasteiger partial charge is 0.392 e. The van der Waals surface area contributed by atoms with Crippen LogP contribution in [-0.2, 0) is 13.2 Å². The Kier molecular flexibility index (Phi) is 6.74. The van der Waals surface area contributed by atoms with E-state index in [0.29, 0.717) is 29.2 Å². The number of aromatic nitrogens is 6. The van der Waals surface area contributed by atoms with E-state index in [-0.39, 0.29) is 12.2 Å². The number of piperazine rings is 1. The van der Waals surface area contributed by atoms with Gasteiger partial charge in [-0.1, -0.05) is 30.3 Å². The number of fused-ring (bicyclic) bond motifs is 1. The van der Waals surface area contributed by atoms with Crippen LogP contribution in [0.5, 0.6) is 0 Å². The SMILES string of the molecule is CN1CCN(c2ccc(Nc3ncc4c(=O)n(Cc5ccccc5)n(-c5cncnc5)c4n3)cc2CO)CC1. The van der Waals surface area contributed by atoms with E-state index in [9.17, 15) is 9.90 Å². The topological polar surface area (TPSA) is 117 Å². The summed E-state index contributed by atoms with van der Waals surface area (Å²) < 4.78 is 3.35. The molecule has 0 unspecified atom stereocenters. The molecule has 6 rings (SSSR count). The van der Waals surface area contributed by atoms with Gasteiger partial charge in [-0.25, -0.2) is 24.3 Å². The molecule has 0 radical (unpaired) electrons. The monoisotopic (exact) mass is 523 g/mol. The highest BCUT2D eigenvalue weighted by Crippen LogP contribution is 2.27. The molecular weight excluding hydrogens is 494 g/mol. The molecular formula is C28H29N9O2. The fraction of sp³-hybridized carbons (Fsp3) is 0.250. The zero-order chi connectivity index (χ0) is 26.8. The van der Waals surface area contributed by atoms with Crippen LogP contribution in [0.3, 0.4) is 0 Å². The van der Waals surface area contributed by atoms with Crippen LogP contribution in [0.25, 0.3) is 16.7 Å². The molecule has 0 aliphatic carbocycles. The van der Waals surface area contributed by atoms with Crippen molar-refractivity contribution in [2.45, 2.75) is 13.2 Å². The van der Waals surface area contributed by atoms with Gasteiger partial charge in [0.2, 0.25) is 5.95 Å². The van der Waals surface area contributed by atoms with E-state index in [4.69, 9.17) is 4.98 Å². The highest BCUT2D eigenvalue weighted by molar-refractivity contribution is 5.77. The molecule has 0 bridgehead atoms.